The van der Waals surface area contributed by atoms with E-state index in [-0.39, 0.29) is 18.0 Å². The van der Waals surface area contributed by atoms with Crippen molar-refractivity contribution >= 4 is 11.8 Å². The van der Waals surface area contributed by atoms with Crippen molar-refractivity contribution < 1.29 is 19.0 Å². The van der Waals surface area contributed by atoms with Gasteiger partial charge in [-0.3, -0.25) is 4.79 Å². The van der Waals surface area contributed by atoms with Gasteiger partial charge in [-0.25, -0.2) is 4.98 Å². The molecule has 3 atom stereocenters. The number of hydrogen-bond donors (Lipinski definition) is 1. The van der Waals surface area contributed by atoms with Crippen molar-refractivity contribution in [2.75, 3.05) is 52.3 Å². The van der Waals surface area contributed by atoms with Crippen LogP contribution in [0.3, 0.4) is 0 Å². The molecule has 1 saturated heterocycles. The third kappa shape index (κ3) is 7.43. The largest absolute Gasteiger partial charge is 0.491 e. The van der Waals surface area contributed by atoms with Crippen molar-refractivity contribution in [3.8, 4) is 5.75 Å². The average Bonchev–Trinajstić information content (AvgIpc) is 3.37. The molecule has 3 heterocycles. The van der Waals surface area contributed by atoms with Crippen LogP contribution in [0.4, 0.5) is 5.82 Å². The molecule has 36 heavy (non-hydrogen) atoms. The number of aromatic nitrogens is 1. The molecule has 2 aliphatic rings. The van der Waals surface area contributed by atoms with E-state index in [0.717, 1.165) is 62.6 Å². The molecule has 0 saturated carbocycles. The molecule has 7 heteroatoms. The first-order valence-electron chi connectivity index (χ1n) is 13.3. The number of fused-ring (bicyclic) bond motifs is 1. The van der Waals surface area contributed by atoms with E-state index in [9.17, 15) is 4.79 Å². The number of carbonyl (C=O) groups excluding carboxylic acids is 1. The molecular weight excluding hydrogens is 454 g/mol. The molecular formula is C29H41N3O4. The number of likely N-dealkylation sites (tertiary alicyclic amines) is 1. The minimum atomic E-state index is -0.179. The third-order valence-electron chi connectivity index (χ3n) is 7.47. The average molecular weight is 496 g/mol. The summed E-state index contributed by atoms with van der Waals surface area (Å²) in [6.07, 6.45) is 6.04. The minimum Gasteiger partial charge on any atom is -0.491 e. The second-order valence-corrected chi connectivity index (χ2v) is 10.2. The lowest BCUT2D eigenvalue weighted by Crippen LogP contribution is -2.28. The molecule has 7 nitrogen and oxygen atoms in total. The SMILES string of the molecule is COC(=O)CC(CN1CC[C@@H](CCc2ccc3c(n2)NCCC3)C1)c1cccc(OC[C@H](C)OC)c1. The maximum atomic E-state index is 12.2. The van der Waals surface area contributed by atoms with Crippen molar-refractivity contribution in [2.45, 2.75) is 57.5 Å². The molecule has 0 radical (unpaired) electrons. The first-order chi connectivity index (χ1) is 17.5. The minimum absolute atomic E-state index is 0.0221. The van der Waals surface area contributed by atoms with Crippen molar-refractivity contribution in [3.63, 3.8) is 0 Å². The highest BCUT2D eigenvalue weighted by atomic mass is 16.5. The van der Waals surface area contributed by atoms with E-state index in [0.29, 0.717) is 18.9 Å². The maximum Gasteiger partial charge on any atom is 0.306 e. The highest BCUT2D eigenvalue weighted by Crippen LogP contribution is 2.29. The highest BCUT2D eigenvalue weighted by Gasteiger charge is 2.27. The van der Waals surface area contributed by atoms with Crippen molar-refractivity contribution in [2.24, 2.45) is 5.92 Å². The molecule has 1 unspecified atom stereocenters. The fourth-order valence-electron chi connectivity index (χ4n) is 5.20. The standard InChI is InChI=1S/C29H41N3O4/c1-21(34-2)20-36-27-8-4-6-24(16-27)25(17-28(33)35-3)19-32-15-13-22(18-32)9-11-26-12-10-23-7-5-14-30-29(23)31-26/h4,6,8,10,12,16,21-22,25H,5,7,9,11,13-15,17-20H2,1-3H3,(H,30,31)/t21-,22+,25?/m0/s1. The Morgan fingerprint density at radius 3 is 2.97 bits per heavy atom. The summed E-state index contributed by atoms with van der Waals surface area (Å²) in [6, 6.07) is 12.5. The first-order valence-corrected chi connectivity index (χ1v) is 13.3. The molecule has 2 aliphatic heterocycles. The van der Waals surface area contributed by atoms with Crippen molar-refractivity contribution in [1.82, 2.24) is 9.88 Å². The van der Waals surface area contributed by atoms with Gasteiger partial charge in [0.15, 0.2) is 0 Å². The van der Waals surface area contributed by atoms with Crippen molar-refractivity contribution in [1.29, 1.82) is 0 Å². The number of pyridine rings is 1. The topological polar surface area (TPSA) is 72.9 Å². The van der Waals surface area contributed by atoms with Crippen LogP contribution >= 0.6 is 0 Å². The zero-order chi connectivity index (χ0) is 25.3. The van der Waals surface area contributed by atoms with Gasteiger partial charge in [-0.2, -0.15) is 0 Å². The number of rotatable bonds is 12. The van der Waals surface area contributed by atoms with Crippen LogP contribution < -0.4 is 10.1 Å². The van der Waals surface area contributed by atoms with Crippen LogP contribution in [-0.2, 0) is 27.1 Å². The Balaban J connectivity index is 1.33. The number of methoxy groups -OCH3 is 2. The number of hydrogen-bond acceptors (Lipinski definition) is 7. The summed E-state index contributed by atoms with van der Waals surface area (Å²) in [6.45, 7) is 6.45. The lowest BCUT2D eigenvalue weighted by atomic mass is 9.94. The normalized spacial score (nSPS) is 19.2. The second kappa shape index (κ2) is 13.1. The summed E-state index contributed by atoms with van der Waals surface area (Å²) in [5.74, 6) is 2.42. The van der Waals surface area contributed by atoms with E-state index < -0.39 is 0 Å². The summed E-state index contributed by atoms with van der Waals surface area (Å²) < 4.78 is 16.2. The summed E-state index contributed by atoms with van der Waals surface area (Å²) in [5.41, 5.74) is 3.64. The summed E-state index contributed by atoms with van der Waals surface area (Å²) in [7, 11) is 3.14. The number of nitrogens with zero attached hydrogens (tertiary/aromatic N) is 2. The quantitative estimate of drug-likeness (QED) is 0.436. The number of carbonyl (C=O) groups is 1. The monoisotopic (exact) mass is 495 g/mol. The first kappa shape index (κ1) is 26.4. The van der Waals surface area contributed by atoms with Gasteiger partial charge in [0, 0.05) is 38.4 Å². The van der Waals surface area contributed by atoms with Gasteiger partial charge in [0.2, 0.25) is 0 Å². The van der Waals surface area contributed by atoms with E-state index in [2.05, 4.69) is 34.5 Å². The van der Waals surface area contributed by atoms with Gasteiger partial charge in [0.1, 0.15) is 18.2 Å². The Labute approximate surface area is 215 Å². The Morgan fingerprint density at radius 2 is 2.14 bits per heavy atom. The lowest BCUT2D eigenvalue weighted by molar-refractivity contribution is -0.141. The van der Waals surface area contributed by atoms with Crippen LogP contribution in [0.1, 0.15) is 55.3 Å². The van der Waals surface area contributed by atoms with Crippen LogP contribution in [-0.4, -0.2) is 69.0 Å². The molecule has 0 aliphatic carbocycles. The molecule has 4 rings (SSSR count). The zero-order valence-corrected chi connectivity index (χ0v) is 22.0. The highest BCUT2D eigenvalue weighted by molar-refractivity contribution is 5.70. The van der Waals surface area contributed by atoms with Crippen LogP contribution in [0.5, 0.6) is 5.75 Å². The molecule has 1 aromatic carbocycles. The van der Waals surface area contributed by atoms with Gasteiger partial charge in [-0.1, -0.05) is 18.2 Å². The Hall–Kier alpha value is -2.64. The molecule has 196 valence electrons. The molecule has 0 spiro atoms. The number of benzene rings is 1. The van der Waals surface area contributed by atoms with Gasteiger partial charge in [0.05, 0.1) is 19.6 Å². The van der Waals surface area contributed by atoms with E-state index >= 15 is 0 Å². The lowest BCUT2D eigenvalue weighted by Gasteiger charge is -2.24. The van der Waals surface area contributed by atoms with E-state index in [1.54, 1.807) is 7.11 Å². The van der Waals surface area contributed by atoms with Gasteiger partial charge < -0.3 is 24.4 Å². The van der Waals surface area contributed by atoms with E-state index in [1.807, 2.05) is 19.1 Å². The predicted octanol–water partition coefficient (Wildman–Crippen LogP) is 4.45. The fraction of sp³-hybridized carbons (Fsp3) is 0.586. The van der Waals surface area contributed by atoms with Crippen LogP contribution in [0.15, 0.2) is 36.4 Å². The van der Waals surface area contributed by atoms with E-state index in [1.165, 1.54) is 31.2 Å². The summed E-state index contributed by atoms with van der Waals surface area (Å²) in [5, 5.41) is 3.44. The van der Waals surface area contributed by atoms with Crippen LogP contribution in [0, 0.1) is 5.92 Å². The van der Waals surface area contributed by atoms with Gasteiger partial charge in [0.25, 0.3) is 0 Å². The number of nitrogens with one attached hydrogen (secondary N) is 1. The molecule has 1 fully saturated rings. The number of esters is 1. The maximum absolute atomic E-state index is 12.2. The summed E-state index contributed by atoms with van der Waals surface area (Å²) >= 11 is 0. The zero-order valence-electron chi connectivity index (χ0n) is 22.0. The van der Waals surface area contributed by atoms with Gasteiger partial charge in [-0.05, 0) is 80.8 Å². The smallest absolute Gasteiger partial charge is 0.306 e. The fourth-order valence-corrected chi connectivity index (χ4v) is 5.20. The molecule has 0 bridgehead atoms. The molecule has 2 aromatic rings. The number of ether oxygens (including phenoxy) is 3. The molecule has 1 aromatic heterocycles. The Kier molecular flexibility index (Phi) is 9.59. The van der Waals surface area contributed by atoms with Crippen LogP contribution in [0.2, 0.25) is 0 Å². The van der Waals surface area contributed by atoms with E-state index in [4.69, 9.17) is 19.2 Å². The predicted molar refractivity (Wildman–Crippen MR) is 142 cm³/mol. The Bertz CT molecular complexity index is 998. The Morgan fingerprint density at radius 1 is 1.25 bits per heavy atom. The number of aryl methyl sites for hydroxylation is 2. The summed E-state index contributed by atoms with van der Waals surface area (Å²) in [4.78, 5) is 19.6. The number of anilines is 1. The van der Waals surface area contributed by atoms with Crippen LogP contribution in [0.25, 0.3) is 0 Å². The third-order valence-corrected chi connectivity index (χ3v) is 7.47. The van der Waals surface area contributed by atoms with Gasteiger partial charge in [-0.15, -0.1) is 0 Å². The van der Waals surface area contributed by atoms with Gasteiger partial charge >= 0.3 is 5.97 Å². The van der Waals surface area contributed by atoms with Crippen molar-refractivity contribution in [3.05, 3.63) is 53.2 Å². The molecule has 1 N–H and O–H groups in total. The second-order valence-electron chi connectivity index (χ2n) is 10.2. The molecule has 0 amide bonds.